The maximum atomic E-state index is 12.8. The second-order valence-corrected chi connectivity index (χ2v) is 14.0. The van der Waals surface area contributed by atoms with Crippen LogP contribution in [0.25, 0.3) is 0 Å². The first-order chi connectivity index (χ1) is 16.2. The quantitative estimate of drug-likeness (QED) is 0.376. The van der Waals surface area contributed by atoms with Crippen LogP contribution in [0.2, 0.25) is 0 Å². The van der Waals surface area contributed by atoms with Crippen molar-refractivity contribution < 1.29 is 30.3 Å². The summed E-state index contributed by atoms with van der Waals surface area (Å²) in [5.41, 5.74) is -1.44. The third kappa shape index (κ3) is 3.00. The van der Waals surface area contributed by atoms with Crippen LogP contribution in [0.4, 0.5) is 0 Å². The van der Waals surface area contributed by atoms with E-state index in [1.807, 2.05) is 6.92 Å². The Morgan fingerprint density at radius 1 is 1.06 bits per heavy atom. The van der Waals surface area contributed by atoms with Gasteiger partial charge in [0, 0.05) is 18.4 Å². The maximum Gasteiger partial charge on any atom is 0.310 e. The molecule has 4 saturated carbocycles. The molecule has 12 atom stereocenters. The van der Waals surface area contributed by atoms with E-state index in [1.165, 1.54) is 0 Å². The van der Waals surface area contributed by atoms with Gasteiger partial charge in [0.25, 0.3) is 0 Å². The van der Waals surface area contributed by atoms with Crippen molar-refractivity contribution in [3.8, 4) is 0 Å². The molecule has 0 aromatic rings. The molecule has 0 aromatic heterocycles. The third-order valence-electron chi connectivity index (χ3n) is 13.0. The molecule has 6 heteroatoms. The Morgan fingerprint density at radius 2 is 1.74 bits per heavy atom. The Labute approximate surface area is 209 Å². The number of aliphatic hydroxyl groups excluding tert-OH is 3. The lowest BCUT2D eigenvalue weighted by molar-refractivity contribution is -0.223. The average molecular weight is 491 g/mol. The fourth-order valence-electron chi connectivity index (χ4n) is 10.6. The van der Waals surface area contributed by atoms with Gasteiger partial charge in [-0.25, -0.2) is 0 Å². The number of rotatable bonds is 2. The number of hydrogen-bond acceptors (Lipinski definition) is 5. The smallest absolute Gasteiger partial charge is 0.310 e. The van der Waals surface area contributed by atoms with Gasteiger partial charge in [0.05, 0.1) is 23.2 Å². The molecule has 0 radical (unpaired) electrons. The largest absolute Gasteiger partial charge is 0.481 e. The molecule has 0 saturated heterocycles. The highest BCUT2D eigenvalue weighted by Gasteiger charge is 2.71. The van der Waals surface area contributed by atoms with Crippen LogP contribution in [0.5, 0.6) is 0 Å². The second-order valence-electron chi connectivity index (χ2n) is 14.0. The molecule has 0 amide bonds. The molecule has 0 heterocycles. The first-order valence-corrected chi connectivity index (χ1v) is 13.8. The molecule has 35 heavy (non-hydrogen) atoms. The van der Waals surface area contributed by atoms with Crippen LogP contribution in [0.3, 0.4) is 0 Å². The van der Waals surface area contributed by atoms with Gasteiger partial charge in [-0.3, -0.25) is 4.79 Å². The first kappa shape index (κ1) is 25.7. The summed E-state index contributed by atoms with van der Waals surface area (Å²) in [5.74, 6) is -1.07. The molecule has 198 valence electrons. The van der Waals surface area contributed by atoms with Crippen molar-refractivity contribution in [2.75, 3.05) is 6.61 Å². The van der Waals surface area contributed by atoms with E-state index in [9.17, 15) is 30.3 Å². The number of carboxylic acid groups (broad SMARTS) is 1. The normalized spacial score (nSPS) is 57.7. The van der Waals surface area contributed by atoms with Crippen LogP contribution in [0.1, 0.15) is 86.0 Å². The van der Waals surface area contributed by atoms with Crippen molar-refractivity contribution >= 4 is 5.97 Å². The molecule has 5 aliphatic rings. The van der Waals surface area contributed by atoms with E-state index < -0.39 is 35.1 Å². The standard InChI is InChI=1S/C29H46O6/c1-16-8-11-29(24(33)34)13-12-26(3)19(23(29)28(16,5)35)6-7-21-25(2)14-20(31)22(32)17(15-30)18(25)9-10-27(21,26)4/h6,16-18,20-23,30-32,35H,7-15H2,1-5H3,(H,33,34)/t16-,17-,18+,20+,21-,22-,23-,25+,26-,27-,28-,29+/m1/s1. The predicted octanol–water partition coefficient (Wildman–Crippen LogP) is 3.76. The third-order valence-corrected chi connectivity index (χ3v) is 13.0. The number of carboxylic acids is 1. The minimum absolute atomic E-state index is 0.0299. The fourth-order valence-corrected chi connectivity index (χ4v) is 10.6. The van der Waals surface area contributed by atoms with Crippen molar-refractivity contribution in [2.45, 2.75) is 104 Å². The molecule has 0 aliphatic heterocycles. The van der Waals surface area contributed by atoms with Gasteiger partial charge in [-0.2, -0.15) is 0 Å². The zero-order valence-corrected chi connectivity index (χ0v) is 22.1. The van der Waals surface area contributed by atoms with E-state index in [2.05, 4.69) is 33.8 Å². The zero-order valence-electron chi connectivity index (χ0n) is 22.1. The van der Waals surface area contributed by atoms with Crippen molar-refractivity contribution in [3.05, 3.63) is 11.6 Å². The summed E-state index contributed by atoms with van der Waals surface area (Å²) in [6.07, 6.45) is 6.36. The van der Waals surface area contributed by atoms with Crippen molar-refractivity contribution in [1.82, 2.24) is 0 Å². The highest BCUT2D eigenvalue weighted by atomic mass is 16.4. The maximum absolute atomic E-state index is 12.8. The topological polar surface area (TPSA) is 118 Å². The minimum atomic E-state index is -1.08. The van der Waals surface area contributed by atoms with E-state index in [0.29, 0.717) is 19.3 Å². The van der Waals surface area contributed by atoms with E-state index in [0.717, 1.165) is 37.7 Å². The molecule has 6 nitrogen and oxygen atoms in total. The van der Waals surface area contributed by atoms with Crippen molar-refractivity contribution in [1.29, 1.82) is 0 Å². The number of aliphatic hydroxyl groups is 4. The molecular formula is C29H46O6. The summed E-state index contributed by atoms with van der Waals surface area (Å²) in [5, 5.41) is 54.0. The molecule has 5 aliphatic carbocycles. The summed E-state index contributed by atoms with van der Waals surface area (Å²) in [4.78, 5) is 12.8. The van der Waals surface area contributed by atoms with Crippen LogP contribution in [-0.2, 0) is 4.79 Å². The van der Waals surface area contributed by atoms with Crippen LogP contribution >= 0.6 is 0 Å². The predicted molar refractivity (Wildman–Crippen MR) is 132 cm³/mol. The van der Waals surface area contributed by atoms with Crippen molar-refractivity contribution in [3.63, 3.8) is 0 Å². The highest BCUT2D eigenvalue weighted by molar-refractivity contribution is 5.77. The van der Waals surface area contributed by atoms with Crippen LogP contribution in [-0.4, -0.2) is 55.9 Å². The van der Waals surface area contributed by atoms with Gasteiger partial charge in [0.2, 0.25) is 0 Å². The molecular weight excluding hydrogens is 444 g/mol. The lowest BCUT2D eigenvalue weighted by Gasteiger charge is -2.71. The summed E-state index contributed by atoms with van der Waals surface area (Å²) in [7, 11) is 0. The monoisotopic (exact) mass is 490 g/mol. The Morgan fingerprint density at radius 3 is 2.37 bits per heavy atom. The summed E-state index contributed by atoms with van der Waals surface area (Å²) >= 11 is 0. The summed E-state index contributed by atoms with van der Waals surface area (Å²) in [6, 6.07) is 0. The molecule has 0 unspecified atom stereocenters. The summed E-state index contributed by atoms with van der Waals surface area (Å²) in [6.45, 7) is 10.7. The van der Waals surface area contributed by atoms with Crippen LogP contribution in [0, 0.1) is 51.2 Å². The zero-order chi connectivity index (χ0) is 25.8. The first-order valence-electron chi connectivity index (χ1n) is 13.8. The Kier molecular flexibility index (Phi) is 5.71. The van der Waals surface area contributed by atoms with E-state index in [4.69, 9.17) is 0 Å². The second kappa shape index (κ2) is 7.78. The Hall–Kier alpha value is -0.950. The van der Waals surface area contributed by atoms with Crippen molar-refractivity contribution in [2.24, 2.45) is 51.2 Å². The van der Waals surface area contributed by atoms with Gasteiger partial charge in [-0.1, -0.05) is 39.3 Å². The van der Waals surface area contributed by atoms with Crippen LogP contribution < -0.4 is 0 Å². The van der Waals surface area contributed by atoms with Gasteiger partial charge in [0.15, 0.2) is 0 Å². The molecule has 0 aromatic carbocycles. The number of carbonyl (C=O) groups is 1. The van der Waals surface area contributed by atoms with E-state index >= 15 is 0 Å². The van der Waals surface area contributed by atoms with Gasteiger partial charge in [-0.15, -0.1) is 0 Å². The minimum Gasteiger partial charge on any atom is -0.481 e. The number of fused-ring (bicyclic) bond motifs is 7. The van der Waals surface area contributed by atoms with Gasteiger partial charge in [-0.05, 0) is 92.3 Å². The molecule has 5 rings (SSSR count). The molecule has 0 bridgehead atoms. The number of aliphatic carboxylic acids is 1. The fraction of sp³-hybridized carbons (Fsp3) is 0.897. The highest BCUT2D eigenvalue weighted by Crippen LogP contribution is 2.75. The van der Waals surface area contributed by atoms with E-state index in [-0.39, 0.29) is 46.5 Å². The number of allylic oxidation sites excluding steroid dienone is 1. The van der Waals surface area contributed by atoms with Gasteiger partial charge in [0.1, 0.15) is 0 Å². The lowest BCUT2D eigenvalue weighted by Crippen LogP contribution is -2.68. The average Bonchev–Trinajstić information content (AvgIpc) is 2.78. The van der Waals surface area contributed by atoms with Gasteiger partial charge < -0.3 is 25.5 Å². The lowest BCUT2D eigenvalue weighted by atomic mass is 9.33. The number of hydrogen-bond donors (Lipinski definition) is 5. The van der Waals surface area contributed by atoms with E-state index in [1.54, 1.807) is 0 Å². The van der Waals surface area contributed by atoms with Crippen LogP contribution in [0.15, 0.2) is 11.6 Å². The van der Waals surface area contributed by atoms with Gasteiger partial charge >= 0.3 is 5.97 Å². The SMILES string of the molecule is C[C@@H]1CC[C@]2(C(=O)O)CC[C@]3(C)C(=CC[C@@H]4[C@@]5(C)C[C@H](O)[C@H](O)[C@H](CO)[C@@H]5CC[C@]43C)[C@@H]2[C@]1(C)O. The molecule has 5 N–H and O–H groups in total. The molecule has 4 fully saturated rings. The summed E-state index contributed by atoms with van der Waals surface area (Å²) < 4.78 is 0. The Balaban J connectivity index is 1.63. The Bertz CT molecular complexity index is 928. The molecule has 0 spiro atoms.